The van der Waals surface area contributed by atoms with Crippen LogP contribution in [-0.4, -0.2) is 29.8 Å². The number of hydrogen-bond donors (Lipinski definition) is 1. The number of nitrogens with one attached hydrogen (secondary N) is 1. The van der Waals surface area contributed by atoms with Gasteiger partial charge in [-0.1, -0.05) is 18.2 Å². The number of nitrogens with zero attached hydrogens (tertiary/aromatic N) is 3. The molecule has 0 aliphatic rings. The molecule has 0 radical (unpaired) electrons. The Kier molecular flexibility index (Phi) is 5.89. The summed E-state index contributed by atoms with van der Waals surface area (Å²) in [7, 11) is 0. The molecule has 0 amide bonds. The van der Waals surface area contributed by atoms with Crippen LogP contribution in [0.1, 0.15) is 25.3 Å². The van der Waals surface area contributed by atoms with Gasteiger partial charge in [-0.15, -0.1) is 10.2 Å². The van der Waals surface area contributed by atoms with Crippen molar-refractivity contribution in [1.29, 1.82) is 0 Å². The van der Waals surface area contributed by atoms with Crippen molar-refractivity contribution in [3.63, 3.8) is 0 Å². The highest BCUT2D eigenvalue weighted by molar-refractivity contribution is 5.60. The van der Waals surface area contributed by atoms with Crippen molar-refractivity contribution in [2.75, 3.05) is 29.9 Å². The zero-order valence-corrected chi connectivity index (χ0v) is 15.7. The molecule has 0 aliphatic carbocycles. The summed E-state index contributed by atoms with van der Waals surface area (Å²) in [5.74, 6) is 1.22. The summed E-state index contributed by atoms with van der Waals surface area (Å²) >= 11 is 0. The summed E-state index contributed by atoms with van der Waals surface area (Å²) in [5.41, 5.74) is 4.60. The maximum Gasteiger partial charge on any atom is 0.247 e. The van der Waals surface area contributed by atoms with Crippen molar-refractivity contribution >= 4 is 11.4 Å². The monoisotopic (exact) mass is 350 g/mol. The fraction of sp³-hybridized carbons (Fsp3) is 0.333. The average Bonchev–Trinajstić information content (AvgIpc) is 3.14. The topological polar surface area (TPSA) is 54.2 Å². The van der Waals surface area contributed by atoms with E-state index in [1.165, 1.54) is 11.3 Å². The Balaban J connectivity index is 1.58. The van der Waals surface area contributed by atoms with Crippen LogP contribution in [0.4, 0.5) is 11.4 Å². The molecule has 1 N–H and O–H groups in total. The first-order valence-corrected chi connectivity index (χ1v) is 9.18. The number of rotatable bonds is 8. The van der Waals surface area contributed by atoms with Gasteiger partial charge in [-0.3, -0.25) is 0 Å². The van der Waals surface area contributed by atoms with E-state index in [4.69, 9.17) is 4.42 Å². The van der Waals surface area contributed by atoms with Crippen molar-refractivity contribution in [3.8, 4) is 11.5 Å². The van der Waals surface area contributed by atoms with Crippen LogP contribution in [0, 0.1) is 6.92 Å². The van der Waals surface area contributed by atoms with Crippen LogP contribution < -0.4 is 10.2 Å². The summed E-state index contributed by atoms with van der Waals surface area (Å²) in [6.07, 6.45) is 0.692. The lowest BCUT2D eigenvalue weighted by Gasteiger charge is -2.22. The second-order valence-corrected chi connectivity index (χ2v) is 6.22. The fourth-order valence-corrected chi connectivity index (χ4v) is 2.99. The van der Waals surface area contributed by atoms with Gasteiger partial charge in [0.15, 0.2) is 0 Å². The zero-order valence-electron chi connectivity index (χ0n) is 15.7. The van der Waals surface area contributed by atoms with E-state index in [1.54, 1.807) is 0 Å². The molecule has 3 aromatic rings. The lowest BCUT2D eigenvalue weighted by molar-refractivity contribution is 0.509. The van der Waals surface area contributed by atoms with Crippen LogP contribution in [0.2, 0.25) is 0 Å². The maximum absolute atomic E-state index is 5.75. The Bertz CT molecular complexity index is 825. The van der Waals surface area contributed by atoms with Gasteiger partial charge in [-0.05, 0) is 56.7 Å². The number of anilines is 2. The van der Waals surface area contributed by atoms with E-state index in [0.717, 1.165) is 30.9 Å². The summed E-state index contributed by atoms with van der Waals surface area (Å²) in [4.78, 5) is 2.35. The van der Waals surface area contributed by atoms with Crippen molar-refractivity contribution in [2.45, 2.75) is 27.2 Å². The first-order valence-electron chi connectivity index (χ1n) is 9.18. The van der Waals surface area contributed by atoms with Crippen molar-refractivity contribution < 1.29 is 4.42 Å². The summed E-state index contributed by atoms with van der Waals surface area (Å²) in [6.45, 7) is 9.28. The molecular weight excluding hydrogens is 324 g/mol. The van der Waals surface area contributed by atoms with E-state index in [0.29, 0.717) is 18.2 Å². The maximum atomic E-state index is 5.75. The quantitative estimate of drug-likeness (QED) is 0.646. The zero-order chi connectivity index (χ0) is 18.4. The molecule has 0 bridgehead atoms. The molecule has 0 unspecified atom stereocenters. The number of hydrogen-bond acceptors (Lipinski definition) is 5. The first kappa shape index (κ1) is 18.0. The van der Waals surface area contributed by atoms with Gasteiger partial charge >= 0.3 is 0 Å². The smallest absolute Gasteiger partial charge is 0.247 e. The lowest BCUT2D eigenvalue weighted by atomic mass is 10.1. The van der Waals surface area contributed by atoms with Crippen LogP contribution in [-0.2, 0) is 6.42 Å². The molecule has 136 valence electrons. The second-order valence-electron chi connectivity index (χ2n) is 6.22. The highest BCUT2D eigenvalue weighted by Gasteiger charge is 2.09. The van der Waals surface area contributed by atoms with Crippen LogP contribution in [0.25, 0.3) is 11.5 Å². The number of aryl methyl sites for hydroxylation is 1. The minimum Gasteiger partial charge on any atom is -0.421 e. The van der Waals surface area contributed by atoms with Crippen molar-refractivity contribution in [1.82, 2.24) is 10.2 Å². The van der Waals surface area contributed by atoms with Gasteiger partial charge in [-0.2, -0.15) is 0 Å². The number of aromatic nitrogens is 2. The van der Waals surface area contributed by atoms with Crippen LogP contribution in [0.15, 0.2) is 52.9 Å². The predicted molar refractivity (Wildman–Crippen MR) is 107 cm³/mol. The van der Waals surface area contributed by atoms with E-state index >= 15 is 0 Å². The van der Waals surface area contributed by atoms with Gasteiger partial charge in [0.05, 0.1) is 0 Å². The molecule has 5 heteroatoms. The minimum atomic E-state index is 0.570. The molecule has 0 saturated carbocycles. The molecule has 1 heterocycles. The molecule has 0 aliphatic heterocycles. The second kappa shape index (κ2) is 8.52. The van der Waals surface area contributed by atoms with Gasteiger partial charge in [0, 0.05) is 43.0 Å². The van der Waals surface area contributed by atoms with Crippen molar-refractivity contribution in [2.24, 2.45) is 0 Å². The third kappa shape index (κ3) is 4.23. The summed E-state index contributed by atoms with van der Waals surface area (Å²) in [6, 6.07) is 16.4. The van der Waals surface area contributed by atoms with Gasteiger partial charge in [-0.25, -0.2) is 0 Å². The molecule has 0 saturated heterocycles. The van der Waals surface area contributed by atoms with E-state index in [2.05, 4.69) is 59.4 Å². The highest BCUT2D eigenvalue weighted by Crippen LogP contribution is 2.23. The molecular formula is C21H26N4O. The Morgan fingerprint density at radius 3 is 2.46 bits per heavy atom. The highest BCUT2D eigenvalue weighted by atomic mass is 16.4. The van der Waals surface area contributed by atoms with Crippen LogP contribution in [0.5, 0.6) is 0 Å². The third-order valence-corrected chi connectivity index (χ3v) is 4.48. The fourth-order valence-electron chi connectivity index (χ4n) is 2.99. The predicted octanol–water partition coefficient (Wildman–Crippen LogP) is 4.55. The average molecular weight is 350 g/mol. The van der Waals surface area contributed by atoms with Crippen LogP contribution in [0.3, 0.4) is 0 Å². The molecule has 2 aromatic carbocycles. The summed E-state index contributed by atoms with van der Waals surface area (Å²) in [5, 5.41) is 11.7. The van der Waals surface area contributed by atoms with Crippen molar-refractivity contribution in [3.05, 3.63) is 60.0 Å². The Hall–Kier alpha value is -2.82. The largest absolute Gasteiger partial charge is 0.421 e. The SMILES string of the molecule is CCN(CC)c1ccc(NCCc2nnc(-c3ccccc3)o2)c(C)c1. The Morgan fingerprint density at radius 1 is 1.00 bits per heavy atom. The normalized spacial score (nSPS) is 10.7. The summed E-state index contributed by atoms with van der Waals surface area (Å²) < 4.78 is 5.75. The molecule has 26 heavy (non-hydrogen) atoms. The molecule has 5 nitrogen and oxygen atoms in total. The standard InChI is InChI=1S/C21H26N4O/c1-4-25(5-2)18-11-12-19(16(3)15-18)22-14-13-20-23-24-21(26-20)17-9-7-6-8-10-17/h6-12,15,22H,4-5,13-14H2,1-3H3. The molecule has 3 rings (SSSR count). The molecule has 0 atom stereocenters. The first-order chi connectivity index (χ1) is 12.7. The minimum absolute atomic E-state index is 0.570. The van der Waals surface area contributed by atoms with E-state index < -0.39 is 0 Å². The Morgan fingerprint density at radius 2 is 1.77 bits per heavy atom. The molecule has 1 aromatic heterocycles. The van der Waals surface area contributed by atoms with Gasteiger partial charge in [0.2, 0.25) is 11.8 Å². The lowest BCUT2D eigenvalue weighted by Crippen LogP contribution is -2.21. The third-order valence-electron chi connectivity index (χ3n) is 4.48. The van der Waals surface area contributed by atoms with Crippen LogP contribution >= 0.6 is 0 Å². The van der Waals surface area contributed by atoms with E-state index in [-0.39, 0.29) is 0 Å². The molecule has 0 spiro atoms. The number of benzene rings is 2. The van der Waals surface area contributed by atoms with E-state index in [9.17, 15) is 0 Å². The molecule has 0 fully saturated rings. The van der Waals surface area contributed by atoms with Gasteiger partial charge in [0.1, 0.15) is 0 Å². The Labute approximate surface area is 155 Å². The van der Waals surface area contributed by atoms with Gasteiger partial charge in [0.25, 0.3) is 0 Å². The van der Waals surface area contributed by atoms with E-state index in [1.807, 2.05) is 30.3 Å². The van der Waals surface area contributed by atoms with Gasteiger partial charge < -0.3 is 14.6 Å².